The van der Waals surface area contributed by atoms with E-state index in [0.717, 1.165) is 6.54 Å². The van der Waals surface area contributed by atoms with Crippen LogP contribution in [0.1, 0.15) is 20.8 Å². The fourth-order valence-electron chi connectivity index (χ4n) is 1.13. The lowest BCUT2D eigenvalue weighted by Gasteiger charge is -2.03. The molecule has 13 heavy (non-hydrogen) atoms. The molecule has 0 unspecified atom stereocenters. The van der Waals surface area contributed by atoms with E-state index in [1.54, 1.807) is 6.33 Å². The van der Waals surface area contributed by atoms with Gasteiger partial charge in [-0.2, -0.15) is 0 Å². The highest BCUT2D eigenvalue weighted by Gasteiger charge is 2.01. The smallest absolute Gasteiger partial charge is 0.222 e. The lowest BCUT2D eigenvalue weighted by atomic mass is 10.2. The summed E-state index contributed by atoms with van der Waals surface area (Å²) in [5.74, 6) is 1.11. The molecule has 0 aliphatic rings. The quantitative estimate of drug-likeness (QED) is 0.768. The summed E-state index contributed by atoms with van der Waals surface area (Å²) in [6, 6.07) is 0. The first-order valence-electron chi connectivity index (χ1n) is 4.37. The maximum absolute atomic E-state index is 10.7. The van der Waals surface area contributed by atoms with E-state index in [1.807, 2.05) is 10.8 Å². The second-order valence-electron chi connectivity index (χ2n) is 3.53. The lowest BCUT2D eigenvalue weighted by molar-refractivity contribution is -0.114. The van der Waals surface area contributed by atoms with Crippen molar-refractivity contribution in [3.63, 3.8) is 0 Å². The van der Waals surface area contributed by atoms with Gasteiger partial charge >= 0.3 is 0 Å². The van der Waals surface area contributed by atoms with Crippen LogP contribution >= 0.6 is 0 Å². The number of carbonyl (C=O) groups is 1. The van der Waals surface area contributed by atoms with Crippen LogP contribution in [-0.2, 0) is 11.3 Å². The van der Waals surface area contributed by atoms with Gasteiger partial charge in [0.05, 0.1) is 6.33 Å². The summed E-state index contributed by atoms with van der Waals surface area (Å²) in [6.07, 6.45) is 3.56. The Balaban J connectivity index is 2.58. The van der Waals surface area contributed by atoms with E-state index < -0.39 is 0 Å². The van der Waals surface area contributed by atoms with Crippen molar-refractivity contribution in [3.05, 3.63) is 12.5 Å². The number of hydrogen-bond donors (Lipinski definition) is 1. The summed E-state index contributed by atoms with van der Waals surface area (Å²) in [5, 5.41) is 2.63. The molecule has 0 aliphatic heterocycles. The topological polar surface area (TPSA) is 46.9 Å². The SMILES string of the molecule is CC(=O)Nc1cn(CC(C)C)cn1. The Morgan fingerprint density at radius 1 is 1.69 bits per heavy atom. The zero-order chi connectivity index (χ0) is 9.84. The fraction of sp³-hybridized carbons (Fsp3) is 0.556. The summed E-state index contributed by atoms with van der Waals surface area (Å²) >= 11 is 0. The van der Waals surface area contributed by atoms with Gasteiger partial charge in [-0.1, -0.05) is 13.8 Å². The highest BCUT2D eigenvalue weighted by Crippen LogP contribution is 2.05. The Kier molecular flexibility index (Phi) is 3.06. The van der Waals surface area contributed by atoms with Crippen molar-refractivity contribution in [1.29, 1.82) is 0 Å². The molecule has 0 saturated carbocycles. The minimum atomic E-state index is -0.0882. The third-order valence-electron chi connectivity index (χ3n) is 1.51. The Labute approximate surface area is 78.0 Å². The van der Waals surface area contributed by atoms with E-state index in [2.05, 4.69) is 24.1 Å². The van der Waals surface area contributed by atoms with Gasteiger partial charge in [0, 0.05) is 19.7 Å². The van der Waals surface area contributed by atoms with Gasteiger partial charge in [0.1, 0.15) is 0 Å². The summed E-state index contributed by atoms with van der Waals surface area (Å²) < 4.78 is 1.97. The molecule has 0 saturated heterocycles. The van der Waals surface area contributed by atoms with E-state index in [-0.39, 0.29) is 5.91 Å². The molecule has 1 N–H and O–H groups in total. The Bertz CT molecular complexity index is 291. The second kappa shape index (κ2) is 4.07. The molecule has 0 aliphatic carbocycles. The van der Waals surface area contributed by atoms with Crippen molar-refractivity contribution in [2.24, 2.45) is 5.92 Å². The number of imidazole rings is 1. The number of carbonyl (C=O) groups excluding carboxylic acids is 1. The fourth-order valence-corrected chi connectivity index (χ4v) is 1.13. The Morgan fingerprint density at radius 3 is 2.92 bits per heavy atom. The predicted octanol–water partition coefficient (Wildman–Crippen LogP) is 1.50. The van der Waals surface area contributed by atoms with Gasteiger partial charge in [0.15, 0.2) is 5.82 Å². The summed E-state index contributed by atoms with van der Waals surface area (Å²) in [4.78, 5) is 14.7. The molecule has 0 aromatic carbocycles. The van der Waals surface area contributed by atoms with Crippen molar-refractivity contribution in [2.45, 2.75) is 27.3 Å². The van der Waals surface area contributed by atoms with Gasteiger partial charge in [-0.3, -0.25) is 4.79 Å². The van der Waals surface area contributed by atoms with Crippen LogP contribution in [0.2, 0.25) is 0 Å². The number of anilines is 1. The van der Waals surface area contributed by atoms with Crippen LogP contribution in [0.4, 0.5) is 5.82 Å². The van der Waals surface area contributed by atoms with E-state index in [0.29, 0.717) is 11.7 Å². The third-order valence-corrected chi connectivity index (χ3v) is 1.51. The zero-order valence-corrected chi connectivity index (χ0v) is 8.24. The van der Waals surface area contributed by atoms with Gasteiger partial charge in [0.25, 0.3) is 0 Å². The molecule has 1 heterocycles. The van der Waals surface area contributed by atoms with Crippen LogP contribution < -0.4 is 5.32 Å². The molecule has 1 rings (SSSR count). The minimum Gasteiger partial charge on any atom is -0.335 e. The molecule has 0 fully saturated rings. The first-order chi connectivity index (χ1) is 6.08. The standard InChI is InChI=1S/C9H15N3O/c1-7(2)4-12-5-9(10-6-12)11-8(3)13/h5-7H,4H2,1-3H3,(H,11,13). The molecule has 0 atom stereocenters. The van der Waals surface area contributed by atoms with E-state index in [1.165, 1.54) is 6.92 Å². The molecule has 1 amide bonds. The van der Waals surface area contributed by atoms with Crippen molar-refractivity contribution < 1.29 is 4.79 Å². The molecule has 0 bridgehead atoms. The molecule has 0 spiro atoms. The molecule has 1 aromatic rings. The van der Waals surface area contributed by atoms with Crippen LogP contribution in [0.15, 0.2) is 12.5 Å². The lowest BCUT2D eigenvalue weighted by Crippen LogP contribution is -2.06. The molecule has 4 nitrogen and oxygen atoms in total. The first kappa shape index (κ1) is 9.77. The van der Waals surface area contributed by atoms with E-state index >= 15 is 0 Å². The third kappa shape index (κ3) is 3.27. The predicted molar refractivity (Wildman–Crippen MR) is 51.4 cm³/mol. The number of nitrogens with one attached hydrogen (secondary N) is 1. The van der Waals surface area contributed by atoms with Crippen LogP contribution in [0.25, 0.3) is 0 Å². The number of aromatic nitrogens is 2. The van der Waals surface area contributed by atoms with Crippen molar-refractivity contribution in [2.75, 3.05) is 5.32 Å². The maximum atomic E-state index is 10.7. The van der Waals surface area contributed by atoms with Crippen LogP contribution in [-0.4, -0.2) is 15.5 Å². The molecular weight excluding hydrogens is 166 g/mol. The average Bonchev–Trinajstić information content (AvgIpc) is 2.33. The molecule has 0 radical (unpaired) electrons. The monoisotopic (exact) mass is 181 g/mol. The average molecular weight is 181 g/mol. The van der Waals surface area contributed by atoms with Gasteiger partial charge < -0.3 is 9.88 Å². The van der Waals surface area contributed by atoms with Crippen LogP contribution in [0, 0.1) is 5.92 Å². The van der Waals surface area contributed by atoms with Crippen molar-refractivity contribution in [1.82, 2.24) is 9.55 Å². The molecule has 4 heteroatoms. The summed E-state index contributed by atoms with van der Waals surface area (Å²) in [5.41, 5.74) is 0. The van der Waals surface area contributed by atoms with Gasteiger partial charge in [-0.15, -0.1) is 0 Å². The van der Waals surface area contributed by atoms with Crippen LogP contribution in [0.3, 0.4) is 0 Å². The highest BCUT2D eigenvalue weighted by molar-refractivity contribution is 5.87. The second-order valence-corrected chi connectivity index (χ2v) is 3.53. The molecule has 1 aromatic heterocycles. The van der Waals surface area contributed by atoms with Gasteiger partial charge in [-0.05, 0) is 5.92 Å². The molecule has 72 valence electrons. The van der Waals surface area contributed by atoms with Crippen molar-refractivity contribution >= 4 is 11.7 Å². The summed E-state index contributed by atoms with van der Waals surface area (Å²) in [7, 11) is 0. The minimum absolute atomic E-state index is 0.0882. The normalized spacial score (nSPS) is 10.5. The van der Waals surface area contributed by atoms with Gasteiger partial charge in [-0.25, -0.2) is 4.98 Å². The zero-order valence-electron chi connectivity index (χ0n) is 8.24. The highest BCUT2D eigenvalue weighted by atomic mass is 16.1. The number of amides is 1. The number of nitrogens with zero attached hydrogens (tertiary/aromatic N) is 2. The number of rotatable bonds is 3. The van der Waals surface area contributed by atoms with E-state index in [4.69, 9.17) is 0 Å². The van der Waals surface area contributed by atoms with E-state index in [9.17, 15) is 4.79 Å². The summed E-state index contributed by atoms with van der Waals surface area (Å²) in [6.45, 7) is 6.67. The van der Waals surface area contributed by atoms with Gasteiger partial charge in [0.2, 0.25) is 5.91 Å². The Hall–Kier alpha value is -1.32. The maximum Gasteiger partial charge on any atom is 0.222 e. The number of hydrogen-bond acceptors (Lipinski definition) is 2. The largest absolute Gasteiger partial charge is 0.335 e. The Morgan fingerprint density at radius 2 is 2.38 bits per heavy atom. The molecular formula is C9H15N3O. The van der Waals surface area contributed by atoms with Crippen LogP contribution in [0.5, 0.6) is 0 Å². The van der Waals surface area contributed by atoms with Crippen molar-refractivity contribution in [3.8, 4) is 0 Å². The first-order valence-corrected chi connectivity index (χ1v) is 4.37.